The van der Waals surface area contributed by atoms with Crippen LogP contribution in [0.1, 0.15) is 15.9 Å². The molecule has 1 fully saturated rings. The highest BCUT2D eigenvalue weighted by Gasteiger charge is 2.18. The number of carbonyl (C=O) groups excluding carboxylic acids is 1. The molecule has 0 bridgehead atoms. The smallest absolute Gasteiger partial charge is 0.253 e. The Labute approximate surface area is 151 Å². The van der Waals surface area contributed by atoms with E-state index in [2.05, 4.69) is 16.3 Å². The first-order chi connectivity index (χ1) is 10.2. The molecule has 5 nitrogen and oxygen atoms in total. The number of halogens is 2. The van der Waals surface area contributed by atoms with Gasteiger partial charge in [0.2, 0.25) is 0 Å². The zero-order chi connectivity index (χ0) is 15.1. The van der Waals surface area contributed by atoms with E-state index in [-0.39, 0.29) is 30.7 Å². The van der Waals surface area contributed by atoms with Gasteiger partial charge in [-0.05, 0) is 18.7 Å². The fraction of sp³-hybridized carbons (Fsp3) is 0.562. The summed E-state index contributed by atoms with van der Waals surface area (Å²) in [4.78, 5) is 16.7. The summed E-state index contributed by atoms with van der Waals surface area (Å²) in [5, 5.41) is 3.07. The van der Waals surface area contributed by atoms with E-state index in [1.165, 1.54) is 0 Å². The van der Waals surface area contributed by atoms with Crippen molar-refractivity contribution in [2.75, 3.05) is 53.5 Å². The molecular weight excluding hydrogens is 337 g/mol. The van der Waals surface area contributed by atoms with Crippen molar-refractivity contribution < 1.29 is 9.53 Å². The van der Waals surface area contributed by atoms with E-state index in [1.54, 1.807) is 4.90 Å². The topological polar surface area (TPSA) is 44.8 Å². The lowest BCUT2D eigenvalue weighted by atomic mass is 10.1. The third-order valence-corrected chi connectivity index (χ3v) is 3.79. The van der Waals surface area contributed by atoms with E-state index in [4.69, 9.17) is 4.74 Å². The molecule has 1 amide bonds. The molecule has 1 aromatic rings. The van der Waals surface area contributed by atoms with Gasteiger partial charge in [0.15, 0.2) is 0 Å². The number of rotatable bonds is 6. The quantitative estimate of drug-likeness (QED) is 0.834. The van der Waals surface area contributed by atoms with Gasteiger partial charge in [-0.3, -0.25) is 9.69 Å². The summed E-state index contributed by atoms with van der Waals surface area (Å²) in [6.07, 6.45) is 0. The molecule has 1 saturated heterocycles. The number of ether oxygens (including phenoxy) is 1. The molecule has 132 valence electrons. The molecule has 0 atom stereocenters. The summed E-state index contributed by atoms with van der Waals surface area (Å²) in [7, 11) is 3.75. The van der Waals surface area contributed by atoms with E-state index in [1.807, 2.05) is 32.3 Å². The number of nitrogens with zero attached hydrogens (tertiary/aromatic N) is 2. The number of hydrogen-bond acceptors (Lipinski definition) is 4. The van der Waals surface area contributed by atoms with Gasteiger partial charge in [-0.2, -0.15) is 0 Å². The fourth-order valence-electron chi connectivity index (χ4n) is 2.45. The first-order valence-corrected chi connectivity index (χ1v) is 7.50. The van der Waals surface area contributed by atoms with Crippen molar-refractivity contribution in [2.24, 2.45) is 0 Å². The number of benzene rings is 1. The van der Waals surface area contributed by atoms with Crippen LogP contribution in [-0.2, 0) is 11.3 Å². The molecule has 0 aromatic heterocycles. The molecule has 7 heteroatoms. The average molecular weight is 364 g/mol. The summed E-state index contributed by atoms with van der Waals surface area (Å²) >= 11 is 0. The summed E-state index contributed by atoms with van der Waals surface area (Å²) in [6, 6.07) is 7.91. The Bertz CT molecular complexity index is 468. The average Bonchev–Trinajstić information content (AvgIpc) is 2.53. The van der Waals surface area contributed by atoms with Gasteiger partial charge in [0.1, 0.15) is 0 Å². The molecule has 1 N–H and O–H groups in total. The van der Waals surface area contributed by atoms with Crippen LogP contribution in [0.25, 0.3) is 0 Å². The second-order valence-corrected chi connectivity index (χ2v) is 5.38. The number of hydrogen-bond donors (Lipinski definition) is 1. The third-order valence-electron chi connectivity index (χ3n) is 3.79. The first-order valence-electron chi connectivity index (χ1n) is 7.50. The lowest BCUT2D eigenvalue weighted by Gasteiger charge is -2.27. The van der Waals surface area contributed by atoms with Crippen LogP contribution in [0, 0.1) is 0 Å². The van der Waals surface area contributed by atoms with E-state index in [9.17, 15) is 4.79 Å². The molecular formula is C16H27Cl2N3O2. The van der Waals surface area contributed by atoms with Gasteiger partial charge < -0.3 is 15.0 Å². The highest BCUT2D eigenvalue weighted by molar-refractivity contribution is 5.95. The lowest BCUT2D eigenvalue weighted by Crippen LogP contribution is -2.37. The predicted octanol–water partition coefficient (Wildman–Crippen LogP) is 1.65. The van der Waals surface area contributed by atoms with Gasteiger partial charge in [0.05, 0.1) is 13.2 Å². The minimum absolute atomic E-state index is 0. The molecule has 1 aliphatic rings. The normalized spacial score (nSPS) is 14.5. The molecule has 2 rings (SSSR count). The minimum atomic E-state index is 0. The van der Waals surface area contributed by atoms with Gasteiger partial charge in [-0.1, -0.05) is 18.2 Å². The van der Waals surface area contributed by atoms with Crippen LogP contribution in [0.3, 0.4) is 0 Å². The summed E-state index contributed by atoms with van der Waals surface area (Å²) in [5.74, 6) is 0.0918. The van der Waals surface area contributed by atoms with Crippen LogP contribution >= 0.6 is 24.8 Å². The van der Waals surface area contributed by atoms with Crippen LogP contribution < -0.4 is 5.32 Å². The standard InChI is InChI=1S/C16H25N3O2.2ClH/c1-17-7-8-18(2)16(20)15-6-4-3-5-14(15)13-19-9-11-21-12-10-19;;/h3-6,17H,7-13H2,1-2H3;2*1H. The van der Waals surface area contributed by atoms with Crippen molar-refractivity contribution >= 4 is 30.7 Å². The number of morpholine rings is 1. The van der Waals surface area contributed by atoms with Gasteiger partial charge in [-0.15, -0.1) is 24.8 Å². The van der Waals surface area contributed by atoms with Crippen LogP contribution in [-0.4, -0.2) is 69.2 Å². The third kappa shape index (κ3) is 6.65. The largest absolute Gasteiger partial charge is 0.379 e. The van der Waals surface area contributed by atoms with Gasteiger partial charge in [-0.25, -0.2) is 0 Å². The number of nitrogens with one attached hydrogen (secondary N) is 1. The van der Waals surface area contributed by atoms with Gasteiger partial charge in [0, 0.05) is 45.3 Å². The molecule has 0 radical (unpaired) electrons. The second-order valence-electron chi connectivity index (χ2n) is 5.38. The Kier molecular flexibility index (Phi) is 11.2. The van der Waals surface area contributed by atoms with Crippen molar-refractivity contribution in [3.63, 3.8) is 0 Å². The first kappa shape index (κ1) is 22.1. The highest BCUT2D eigenvalue weighted by atomic mass is 35.5. The SMILES string of the molecule is CNCCN(C)C(=O)c1ccccc1CN1CCOCC1.Cl.Cl. The van der Waals surface area contributed by atoms with Gasteiger partial charge >= 0.3 is 0 Å². The van der Waals surface area contributed by atoms with Crippen LogP contribution in [0.2, 0.25) is 0 Å². The monoisotopic (exact) mass is 363 g/mol. The van der Waals surface area contributed by atoms with Crippen molar-refractivity contribution in [1.82, 2.24) is 15.1 Å². The highest BCUT2D eigenvalue weighted by Crippen LogP contribution is 2.14. The number of likely N-dealkylation sites (N-methyl/N-ethyl adjacent to an activating group) is 2. The Morgan fingerprint density at radius 3 is 2.57 bits per heavy atom. The molecule has 1 aromatic carbocycles. The molecule has 0 saturated carbocycles. The molecule has 1 aliphatic heterocycles. The maximum Gasteiger partial charge on any atom is 0.253 e. The zero-order valence-electron chi connectivity index (χ0n) is 13.8. The van der Waals surface area contributed by atoms with Crippen LogP contribution in [0.5, 0.6) is 0 Å². The number of amides is 1. The summed E-state index contributed by atoms with van der Waals surface area (Å²) in [5.41, 5.74) is 1.91. The molecule has 23 heavy (non-hydrogen) atoms. The summed E-state index contributed by atoms with van der Waals surface area (Å²) in [6.45, 7) is 5.73. The maximum absolute atomic E-state index is 12.6. The molecule has 0 aliphatic carbocycles. The van der Waals surface area contributed by atoms with Crippen LogP contribution in [0.15, 0.2) is 24.3 Å². The number of carbonyl (C=O) groups is 1. The Morgan fingerprint density at radius 1 is 1.26 bits per heavy atom. The van der Waals surface area contributed by atoms with Crippen molar-refractivity contribution in [3.05, 3.63) is 35.4 Å². The fourth-order valence-corrected chi connectivity index (χ4v) is 2.45. The van der Waals surface area contributed by atoms with Crippen molar-refractivity contribution in [1.29, 1.82) is 0 Å². The zero-order valence-corrected chi connectivity index (χ0v) is 15.4. The minimum Gasteiger partial charge on any atom is -0.379 e. The van der Waals surface area contributed by atoms with Gasteiger partial charge in [0.25, 0.3) is 5.91 Å². The van der Waals surface area contributed by atoms with E-state index >= 15 is 0 Å². The lowest BCUT2D eigenvalue weighted by molar-refractivity contribution is 0.0340. The van der Waals surface area contributed by atoms with Crippen molar-refractivity contribution in [2.45, 2.75) is 6.54 Å². The Morgan fingerprint density at radius 2 is 1.91 bits per heavy atom. The second kappa shape index (κ2) is 11.6. The predicted molar refractivity (Wildman–Crippen MR) is 97.9 cm³/mol. The molecule has 0 spiro atoms. The molecule has 0 unspecified atom stereocenters. The Hall–Kier alpha value is -0.850. The van der Waals surface area contributed by atoms with Crippen LogP contribution in [0.4, 0.5) is 0 Å². The Balaban J connectivity index is 0.00000242. The van der Waals surface area contributed by atoms with E-state index < -0.39 is 0 Å². The molecule has 1 heterocycles. The van der Waals surface area contributed by atoms with E-state index in [0.29, 0.717) is 6.54 Å². The van der Waals surface area contributed by atoms with E-state index in [0.717, 1.165) is 50.5 Å². The maximum atomic E-state index is 12.6. The summed E-state index contributed by atoms with van der Waals surface area (Å²) < 4.78 is 5.37. The van der Waals surface area contributed by atoms with Crippen molar-refractivity contribution in [3.8, 4) is 0 Å².